The summed E-state index contributed by atoms with van der Waals surface area (Å²) in [6.45, 7) is 0. The lowest BCUT2D eigenvalue weighted by Crippen LogP contribution is -2.40. The molecule has 4 N–H and O–H groups in total. The highest BCUT2D eigenvalue weighted by Gasteiger charge is 2.28. The van der Waals surface area contributed by atoms with Crippen molar-refractivity contribution in [3.05, 3.63) is 91.0 Å². The molecule has 10 radical (unpaired) electrons. The smallest absolute Gasteiger partial charge is 0.164 e. The minimum atomic E-state index is -0.673. The second-order valence-corrected chi connectivity index (χ2v) is 11.0. The number of phenolic OH excluding ortho intramolecular Hbond substituents is 4. The maximum atomic E-state index is 11.7. The van der Waals surface area contributed by atoms with E-state index < -0.39 is 17.2 Å². The Balaban J connectivity index is 1.74. The summed E-state index contributed by atoms with van der Waals surface area (Å²) in [6, 6.07) is 29.1. The molecule has 0 aliphatic carbocycles. The summed E-state index contributed by atoms with van der Waals surface area (Å²) in [5.74, 6) is -2.14. The van der Waals surface area contributed by atoms with Crippen LogP contribution in [-0.2, 0) is 0 Å². The van der Waals surface area contributed by atoms with Crippen LogP contribution in [0.5, 0.6) is 23.0 Å². The number of fused-ring (bicyclic) bond motifs is 3. The van der Waals surface area contributed by atoms with Crippen LogP contribution in [0.25, 0.3) is 65.7 Å². The zero-order valence-electron chi connectivity index (χ0n) is 23.8. The van der Waals surface area contributed by atoms with E-state index in [0.29, 0.717) is 16.3 Å². The second-order valence-electron chi connectivity index (χ2n) is 11.0. The average molecular weight is 570 g/mol. The molecule has 0 heterocycles. The van der Waals surface area contributed by atoms with E-state index >= 15 is 0 Å². The summed E-state index contributed by atoms with van der Waals surface area (Å²) in [6.07, 6.45) is 0. The molecule has 7 aromatic rings. The lowest BCUT2D eigenvalue weighted by molar-refractivity contribution is 0.409. The topological polar surface area (TPSA) is 80.9 Å². The predicted octanol–water partition coefficient (Wildman–Crippen LogP) is 2.94. The highest BCUT2D eigenvalue weighted by atomic mass is 16.3. The summed E-state index contributed by atoms with van der Waals surface area (Å²) in [7, 11) is 31.1. The van der Waals surface area contributed by atoms with E-state index in [2.05, 4.69) is 0 Å². The average Bonchev–Trinajstić information content (AvgIpc) is 3.07. The molecule has 7 aromatic carbocycles. The highest BCUT2D eigenvalue weighted by Crippen LogP contribution is 2.51. The van der Waals surface area contributed by atoms with Crippen molar-refractivity contribution >= 4 is 98.9 Å². The first-order valence-electron chi connectivity index (χ1n) is 14.1. The van der Waals surface area contributed by atoms with Gasteiger partial charge in [0.05, 0.1) is 0 Å². The Kier molecular flexibility index (Phi) is 6.66. The third-order valence-electron chi connectivity index (χ3n) is 8.58. The lowest BCUT2D eigenvalue weighted by Gasteiger charge is -2.25. The number of hydrogen-bond acceptors (Lipinski definition) is 4. The van der Waals surface area contributed by atoms with Gasteiger partial charge in [-0.15, -0.1) is 5.46 Å². The number of aromatic hydroxyl groups is 4. The summed E-state index contributed by atoms with van der Waals surface area (Å²) in [5.41, 5.74) is 2.38. The Hall–Kier alpha value is -5.16. The molecule has 202 valence electrons. The van der Waals surface area contributed by atoms with E-state index in [0.717, 1.165) is 27.5 Å². The standard InChI is InChI=1S/C36H19B5O4/c37-28-27(35(44)36(45)30(39)29(28)38)24-21-13-7-6-12-20(21)23(25-26(24)34(43)32(41)31(40)33(25)42)22-15-14-17(16-8-2-1-3-9-16)18-10-4-5-11-19(18)22/h1-15,42-45H. The van der Waals surface area contributed by atoms with Crippen LogP contribution in [0.15, 0.2) is 91.0 Å². The first-order chi connectivity index (χ1) is 21.6. The van der Waals surface area contributed by atoms with Gasteiger partial charge in [-0.2, -0.15) is 0 Å². The van der Waals surface area contributed by atoms with Crippen molar-refractivity contribution < 1.29 is 20.4 Å². The van der Waals surface area contributed by atoms with Gasteiger partial charge < -0.3 is 20.4 Å². The van der Waals surface area contributed by atoms with E-state index in [4.69, 9.17) is 39.2 Å². The molecule has 0 aliphatic heterocycles. The molecular weight excluding hydrogens is 550 g/mol. The Morgan fingerprint density at radius 3 is 1.38 bits per heavy atom. The van der Waals surface area contributed by atoms with Crippen molar-refractivity contribution in [2.75, 3.05) is 0 Å². The SMILES string of the molecule is [B]c1c([B])c(O)c(O)c(-c2c3ccccc3c(-c3ccc(-c4ccccc4)c4ccccc34)c3c(O)c([B])c([B])c(O)c23)c1[B]. The molecule has 7 rings (SSSR count). The minimum Gasteiger partial charge on any atom is -0.508 e. The molecular formula is C36H19B5O4. The molecule has 0 aliphatic rings. The zero-order valence-corrected chi connectivity index (χ0v) is 23.8. The van der Waals surface area contributed by atoms with Crippen molar-refractivity contribution in [1.29, 1.82) is 0 Å². The molecule has 0 unspecified atom stereocenters. The maximum absolute atomic E-state index is 11.7. The van der Waals surface area contributed by atoms with Gasteiger partial charge in [0, 0.05) is 27.5 Å². The molecule has 4 nitrogen and oxygen atoms in total. The Bertz CT molecular complexity index is 2340. The molecule has 0 fully saturated rings. The normalized spacial score (nSPS) is 11.5. The number of benzene rings is 7. The largest absolute Gasteiger partial charge is 0.508 e. The van der Waals surface area contributed by atoms with E-state index in [1.165, 1.54) is 0 Å². The fourth-order valence-corrected chi connectivity index (χ4v) is 6.40. The molecule has 0 aromatic heterocycles. The maximum Gasteiger partial charge on any atom is 0.164 e. The van der Waals surface area contributed by atoms with Crippen LogP contribution in [0.1, 0.15) is 0 Å². The molecule has 45 heavy (non-hydrogen) atoms. The van der Waals surface area contributed by atoms with Crippen molar-refractivity contribution in [2.45, 2.75) is 0 Å². The molecule has 0 amide bonds. The molecule has 0 saturated heterocycles. The van der Waals surface area contributed by atoms with E-state index in [1.54, 1.807) is 12.1 Å². The summed E-state index contributed by atoms with van der Waals surface area (Å²) >= 11 is 0. The van der Waals surface area contributed by atoms with Crippen molar-refractivity contribution in [1.82, 2.24) is 0 Å². The van der Waals surface area contributed by atoms with Crippen LogP contribution in [-0.4, -0.2) is 59.7 Å². The first-order valence-corrected chi connectivity index (χ1v) is 14.1. The molecule has 0 saturated carbocycles. The van der Waals surface area contributed by atoms with Gasteiger partial charge in [0.25, 0.3) is 0 Å². The minimum absolute atomic E-state index is 0.0506. The van der Waals surface area contributed by atoms with E-state index in [1.807, 2.05) is 78.9 Å². The van der Waals surface area contributed by atoms with Gasteiger partial charge in [0.15, 0.2) is 5.75 Å². The monoisotopic (exact) mass is 570 g/mol. The van der Waals surface area contributed by atoms with Crippen LogP contribution in [0.2, 0.25) is 0 Å². The molecule has 0 atom stereocenters. The highest BCUT2D eigenvalue weighted by molar-refractivity contribution is 6.60. The van der Waals surface area contributed by atoms with Crippen LogP contribution in [0.3, 0.4) is 0 Å². The van der Waals surface area contributed by atoms with Gasteiger partial charge in [0.1, 0.15) is 56.5 Å². The molecule has 0 spiro atoms. The van der Waals surface area contributed by atoms with Gasteiger partial charge in [0.2, 0.25) is 0 Å². The number of rotatable bonds is 3. The summed E-state index contributed by atoms with van der Waals surface area (Å²) < 4.78 is 0. The van der Waals surface area contributed by atoms with Crippen LogP contribution in [0, 0.1) is 0 Å². The van der Waals surface area contributed by atoms with Crippen LogP contribution >= 0.6 is 0 Å². The Morgan fingerprint density at radius 2 is 0.778 bits per heavy atom. The van der Waals surface area contributed by atoms with Crippen LogP contribution < -0.4 is 27.3 Å². The Labute approximate surface area is 266 Å². The van der Waals surface area contributed by atoms with Crippen molar-refractivity contribution in [3.63, 3.8) is 0 Å². The third kappa shape index (κ3) is 4.07. The van der Waals surface area contributed by atoms with Gasteiger partial charge in [-0.05, 0) is 38.2 Å². The second kappa shape index (κ2) is 10.5. The molecule has 9 heteroatoms. The van der Waals surface area contributed by atoms with Gasteiger partial charge >= 0.3 is 0 Å². The van der Waals surface area contributed by atoms with Gasteiger partial charge in [-0.1, -0.05) is 113 Å². The number of phenols is 4. The fraction of sp³-hybridized carbons (Fsp3) is 0. The third-order valence-corrected chi connectivity index (χ3v) is 8.58. The summed E-state index contributed by atoms with van der Waals surface area (Å²) in [5, 5.41) is 48.6. The zero-order chi connectivity index (χ0) is 31.7. The number of hydrogen-bond donors (Lipinski definition) is 4. The van der Waals surface area contributed by atoms with Crippen LogP contribution in [0.4, 0.5) is 0 Å². The van der Waals surface area contributed by atoms with E-state index in [-0.39, 0.29) is 55.0 Å². The lowest BCUT2D eigenvalue weighted by atomic mass is 9.67. The quantitative estimate of drug-likeness (QED) is 0.114. The summed E-state index contributed by atoms with van der Waals surface area (Å²) in [4.78, 5) is 0. The van der Waals surface area contributed by atoms with E-state index in [9.17, 15) is 20.4 Å². The molecule has 0 bridgehead atoms. The Morgan fingerprint density at radius 1 is 0.333 bits per heavy atom. The first kappa shape index (κ1) is 28.6. The fourth-order valence-electron chi connectivity index (χ4n) is 6.40. The van der Waals surface area contributed by atoms with Crippen molar-refractivity contribution in [3.8, 4) is 56.4 Å². The van der Waals surface area contributed by atoms with Gasteiger partial charge in [-0.3, -0.25) is 0 Å². The van der Waals surface area contributed by atoms with Crippen molar-refractivity contribution in [2.24, 2.45) is 0 Å². The van der Waals surface area contributed by atoms with Gasteiger partial charge in [-0.25, -0.2) is 0 Å². The predicted molar refractivity (Wildman–Crippen MR) is 189 cm³/mol.